The fourth-order valence-corrected chi connectivity index (χ4v) is 2.60. The zero-order chi connectivity index (χ0) is 15.6. The van der Waals surface area contributed by atoms with Gasteiger partial charge in [-0.1, -0.05) is 6.07 Å². The van der Waals surface area contributed by atoms with E-state index in [4.69, 9.17) is 0 Å². The third kappa shape index (κ3) is 2.92. The van der Waals surface area contributed by atoms with Gasteiger partial charge in [-0.05, 0) is 25.0 Å². The molecule has 1 aliphatic rings. The smallest absolute Gasteiger partial charge is 0.255 e. The number of pyridine rings is 1. The largest absolute Gasteiger partial charge is 0.352 e. The Labute approximate surface area is 133 Å². The van der Waals surface area contributed by atoms with Crippen LogP contribution in [0.1, 0.15) is 40.5 Å². The number of carbonyl (C=O) groups excluding carboxylic acids is 1. The minimum absolute atomic E-state index is 0.130. The second-order valence-electron chi connectivity index (χ2n) is 5.80. The van der Waals surface area contributed by atoms with Crippen molar-refractivity contribution >= 4 is 17.1 Å². The van der Waals surface area contributed by atoms with Crippen molar-refractivity contribution in [3.63, 3.8) is 0 Å². The normalized spacial score (nSPS) is 14.1. The molecule has 0 aromatic carbocycles. The van der Waals surface area contributed by atoms with Gasteiger partial charge < -0.3 is 10.3 Å². The molecule has 1 fully saturated rings. The van der Waals surface area contributed by atoms with Gasteiger partial charge in [0.2, 0.25) is 0 Å². The van der Waals surface area contributed by atoms with Gasteiger partial charge in [0.05, 0.1) is 17.5 Å². The number of H-pyrrole nitrogens is 1. The summed E-state index contributed by atoms with van der Waals surface area (Å²) >= 11 is 0. The first-order chi connectivity index (χ1) is 11.3. The summed E-state index contributed by atoms with van der Waals surface area (Å²) in [5, 5.41) is 2.92. The number of nitrogens with zero attached hydrogens (tertiary/aromatic N) is 3. The first-order valence-corrected chi connectivity index (χ1v) is 7.83. The molecule has 4 rings (SSSR count). The van der Waals surface area contributed by atoms with Crippen LogP contribution >= 0.6 is 0 Å². The number of fused-ring (bicyclic) bond motifs is 1. The average Bonchev–Trinajstić information content (AvgIpc) is 3.35. The number of aromatic nitrogens is 4. The van der Waals surface area contributed by atoms with Gasteiger partial charge in [0.1, 0.15) is 5.52 Å². The average molecular weight is 307 g/mol. The van der Waals surface area contributed by atoms with Crippen molar-refractivity contribution in [3.8, 4) is 0 Å². The zero-order valence-electron chi connectivity index (χ0n) is 12.6. The zero-order valence-corrected chi connectivity index (χ0v) is 12.6. The van der Waals surface area contributed by atoms with Crippen molar-refractivity contribution in [2.75, 3.05) is 6.54 Å². The Morgan fingerprint density at radius 2 is 2.22 bits per heavy atom. The Hall–Kier alpha value is -2.76. The topological polar surface area (TPSA) is 83.6 Å². The van der Waals surface area contributed by atoms with Gasteiger partial charge in [0, 0.05) is 37.0 Å². The molecule has 0 radical (unpaired) electrons. The molecule has 0 bridgehead atoms. The van der Waals surface area contributed by atoms with Crippen LogP contribution < -0.4 is 5.32 Å². The van der Waals surface area contributed by atoms with E-state index < -0.39 is 0 Å². The van der Waals surface area contributed by atoms with Crippen LogP contribution in [0.4, 0.5) is 0 Å². The molecule has 116 valence electrons. The monoisotopic (exact) mass is 307 g/mol. The summed E-state index contributed by atoms with van der Waals surface area (Å²) in [7, 11) is 0. The maximum Gasteiger partial charge on any atom is 0.255 e. The molecule has 1 amide bonds. The summed E-state index contributed by atoms with van der Waals surface area (Å²) in [5.41, 5.74) is 3.81. The maximum absolute atomic E-state index is 12.4. The van der Waals surface area contributed by atoms with Crippen molar-refractivity contribution < 1.29 is 4.79 Å². The quantitative estimate of drug-likeness (QED) is 0.757. The van der Waals surface area contributed by atoms with Crippen molar-refractivity contribution in [1.82, 2.24) is 25.3 Å². The van der Waals surface area contributed by atoms with E-state index in [0.29, 0.717) is 35.6 Å². The lowest BCUT2D eigenvalue weighted by Gasteiger charge is -2.04. The summed E-state index contributed by atoms with van der Waals surface area (Å²) < 4.78 is 0. The van der Waals surface area contributed by atoms with Crippen LogP contribution in [0.3, 0.4) is 0 Å². The van der Waals surface area contributed by atoms with E-state index in [0.717, 1.165) is 24.2 Å². The van der Waals surface area contributed by atoms with E-state index in [1.165, 1.54) is 0 Å². The lowest BCUT2D eigenvalue weighted by atomic mass is 10.2. The highest BCUT2D eigenvalue weighted by atomic mass is 16.1. The molecule has 0 unspecified atom stereocenters. The van der Waals surface area contributed by atoms with Gasteiger partial charge in [-0.3, -0.25) is 9.78 Å². The van der Waals surface area contributed by atoms with E-state index in [-0.39, 0.29) is 5.91 Å². The Bertz CT molecular complexity index is 839. The van der Waals surface area contributed by atoms with Crippen LogP contribution in [-0.4, -0.2) is 32.4 Å². The maximum atomic E-state index is 12.4. The molecule has 3 heterocycles. The van der Waals surface area contributed by atoms with E-state index in [1.807, 2.05) is 18.2 Å². The molecule has 0 aliphatic heterocycles. The Balaban J connectivity index is 1.47. The minimum atomic E-state index is -0.130. The minimum Gasteiger partial charge on any atom is -0.352 e. The molecule has 0 spiro atoms. The van der Waals surface area contributed by atoms with Gasteiger partial charge in [0.15, 0.2) is 5.65 Å². The summed E-state index contributed by atoms with van der Waals surface area (Å²) in [6.45, 7) is 0.540. The van der Waals surface area contributed by atoms with Gasteiger partial charge >= 0.3 is 0 Å². The second-order valence-corrected chi connectivity index (χ2v) is 5.80. The lowest BCUT2D eigenvalue weighted by molar-refractivity contribution is 0.0955. The fourth-order valence-electron chi connectivity index (χ4n) is 2.60. The van der Waals surface area contributed by atoms with Crippen LogP contribution in [-0.2, 0) is 6.42 Å². The highest BCUT2D eigenvalue weighted by molar-refractivity contribution is 6.04. The fraction of sp³-hybridized carbons (Fsp3) is 0.294. The van der Waals surface area contributed by atoms with E-state index in [2.05, 4.69) is 25.3 Å². The molecule has 0 saturated heterocycles. The molecule has 6 nitrogen and oxygen atoms in total. The Kier molecular flexibility index (Phi) is 3.49. The predicted octanol–water partition coefficient (Wildman–Crippen LogP) is 2.20. The molecule has 3 aromatic heterocycles. The number of amides is 1. The lowest BCUT2D eigenvalue weighted by Crippen LogP contribution is -2.25. The molecular weight excluding hydrogens is 290 g/mol. The van der Waals surface area contributed by atoms with Gasteiger partial charge in [-0.25, -0.2) is 9.97 Å². The molecule has 23 heavy (non-hydrogen) atoms. The highest BCUT2D eigenvalue weighted by Crippen LogP contribution is 2.39. The summed E-state index contributed by atoms with van der Waals surface area (Å²) in [5.74, 6) is 0.385. The summed E-state index contributed by atoms with van der Waals surface area (Å²) in [6.07, 6.45) is 8.27. The number of hydrogen-bond acceptors (Lipinski definition) is 4. The molecule has 3 aromatic rings. The standard InChI is InChI=1S/C17H17N5O/c23-17(19-8-6-12-3-1-2-7-18-12)13-9-20-16-15(13)22-14(10-21-16)11-4-5-11/h1-3,7,9-11H,4-6,8H2,(H,19,23)(H,20,21). The van der Waals surface area contributed by atoms with Crippen LogP contribution in [0.15, 0.2) is 36.8 Å². The molecule has 1 saturated carbocycles. The van der Waals surface area contributed by atoms with Crippen LogP contribution in [0.2, 0.25) is 0 Å². The third-order valence-corrected chi connectivity index (χ3v) is 4.03. The second kappa shape index (κ2) is 5.79. The number of aromatic amines is 1. The third-order valence-electron chi connectivity index (χ3n) is 4.03. The molecule has 1 aliphatic carbocycles. The Morgan fingerprint density at radius 1 is 1.30 bits per heavy atom. The van der Waals surface area contributed by atoms with Crippen molar-refractivity contribution in [2.24, 2.45) is 0 Å². The van der Waals surface area contributed by atoms with Crippen molar-refractivity contribution in [2.45, 2.75) is 25.2 Å². The van der Waals surface area contributed by atoms with Gasteiger partial charge in [-0.2, -0.15) is 0 Å². The number of hydrogen-bond donors (Lipinski definition) is 2. The van der Waals surface area contributed by atoms with Crippen LogP contribution in [0.5, 0.6) is 0 Å². The van der Waals surface area contributed by atoms with E-state index >= 15 is 0 Å². The van der Waals surface area contributed by atoms with E-state index in [1.54, 1.807) is 18.6 Å². The van der Waals surface area contributed by atoms with Crippen molar-refractivity contribution in [1.29, 1.82) is 0 Å². The predicted molar refractivity (Wildman–Crippen MR) is 86.1 cm³/mol. The van der Waals surface area contributed by atoms with Gasteiger partial charge in [0.25, 0.3) is 5.91 Å². The molecular formula is C17H17N5O. The number of rotatable bonds is 5. The van der Waals surface area contributed by atoms with Crippen LogP contribution in [0, 0.1) is 0 Å². The SMILES string of the molecule is O=C(NCCc1ccccn1)c1c[nH]c2ncc(C3CC3)nc12. The van der Waals surface area contributed by atoms with Gasteiger partial charge in [-0.15, -0.1) is 0 Å². The van der Waals surface area contributed by atoms with E-state index in [9.17, 15) is 4.79 Å². The molecule has 6 heteroatoms. The summed E-state index contributed by atoms with van der Waals surface area (Å²) in [6, 6.07) is 5.77. The highest BCUT2D eigenvalue weighted by Gasteiger charge is 2.26. The Morgan fingerprint density at radius 3 is 3.00 bits per heavy atom. The van der Waals surface area contributed by atoms with Crippen molar-refractivity contribution in [3.05, 3.63) is 53.7 Å². The summed E-state index contributed by atoms with van der Waals surface area (Å²) in [4.78, 5) is 28.6. The first-order valence-electron chi connectivity index (χ1n) is 7.83. The first kappa shape index (κ1) is 13.9. The number of nitrogens with one attached hydrogen (secondary N) is 2. The molecule has 2 N–H and O–H groups in total. The van der Waals surface area contributed by atoms with Crippen LogP contribution in [0.25, 0.3) is 11.2 Å². The molecule has 0 atom stereocenters. The number of carbonyl (C=O) groups is 1.